The topological polar surface area (TPSA) is 84.6 Å². The van der Waals surface area contributed by atoms with E-state index in [1.54, 1.807) is 19.2 Å². The first-order valence-electron chi connectivity index (χ1n) is 10.4. The normalized spacial score (nSPS) is 14.0. The van der Waals surface area contributed by atoms with Gasteiger partial charge in [-0.2, -0.15) is 4.98 Å². The van der Waals surface area contributed by atoms with Crippen molar-refractivity contribution in [1.29, 1.82) is 0 Å². The highest BCUT2D eigenvalue weighted by Gasteiger charge is 2.25. The van der Waals surface area contributed by atoms with Crippen LogP contribution in [0.1, 0.15) is 0 Å². The number of para-hydroxylation sites is 2. The second-order valence-electron chi connectivity index (χ2n) is 7.60. The maximum atomic E-state index is 11.3. The lowest BCUT2D eigenvalue weighted by Gasteiger charge is -2.37. The molecule has 0 atom stereocenters. The van der Waals surface area contributed by atoms with Crippen molar-refractivity contribution < 1.29 is 9.66 Å². The third-order valence-corrected chi connectivity index (χ3v) is 6.80. The summed E-state index contributed by atoms with van der Waals surface area (Å²) in [5, 5.41) is 14.3. The summed E-state index contributed by atoms with van der Waals surface area (Å²) < 4.78 is 5.52. The molecule has 0 bridgehead atoms. The van der Waals surface area contributed by atoms with E-state index in [1.807, 2.05) is 29.6 Å². The molecule has 0 radical (unpaired) electrons. The van der Waals surface area contributed by atoms with E-state index in [1.165, 1.54) is 17.4 Å². The summed E-state index contributed by atoms with van der Waals surface area (Å²) in [4.78, 5) is 25.1. The SMILES string of the molecule is COc1ccccc1N1CCN(c2nc(Cl)nc3scc(-c4cccc([N+](=O)[O-])c4)c23)CC1. The molecule has 3 heterocycles. The zero-order chi connectivity index (χ0) is 22.9. The number of methoxy groups -OCH3 is 1. The van der Waals surface area contributed by atoms with E-state index < -0.39 is 0 Å². The standard InChI is InChI=1S/C23H20ClN5O3S/c1-32-19-8-3-2-7-18(19)27-9-11-28(12-10-27)21-20-17(14-33-22(20)26-23(24)25-21)15-5-4-6-16(13-15)29(30)31/h2-8,13-14H,9-12H2,1H3. The van der Waals surface area contributed by atoms with Crippen LogP contribution in [0.2, 0.25) is 5.28 Å². The van der Waals surface area contributed by atoms with Crippen LogP contribution >= 0.6 is 22.9 Å². The van der Waals surface area contributed by atoms with E-state index in [9.17, 15) is 10.1 Å². The molecule has 168 valence electrons. The Bertz CT molecular complexity index is 1340. The first kappa shape index (κ1) is 21.4. The Morgan fingerprint density at radius 3 is 2.58 bits per heavy atom. The van der Waals surface area contributed by atoms with Crippen LogP contribution in [0.4, 0.5) is 17.2 Å². The number of aromatic nitrogens is 2. The van der Waals surface area contributed by atoms with Crippen molar-refractivity contribution in [2.45, 2.75) is 0 Å². The van der Waals surface area contributed by atoms with E-state index in [2.05, 4.69) is 25.8 Å². The Hall–Kier alpha value is -3.43. The molecule has 33 heavy (non-hydrogen) atoms. The van der Waals surface area contributed by atoms with Crippen LogP contribution in [-0.2, 0) is 0 Å². The number of halogens is 1. The number of nitro groups is 1. The van der Waals surface area contributed by atoms with Crippen molar-refractivity contribution >= 4 is 50.3 Å². The Labute approximate surface area is 199 Å². The van der Waals surface area contributed by atoms with Gasteiger partial charge in [-0.05, 0) is 29.3 Å². The third-order valence-electron chi connectivity index (χ3n) is 5.76. The average molecular weight is 482 g/mol. The average Bonchev–Trinajstić information content (AvgIpc) is 3.27. The molecule has 0 saturated carbocycles. The van der Waals surface area contributed by atoms with Crippen LogP contribution in [0.3, 0.4) is 0 Å². The number of hydrogen-bond donors (Lipinski definition) is 0. The summed E-state index contributed by atoms with van der Waals surface area (Å²) >= 11 is 7.73. The molecule has 1 saturated heterocycles. The molecule has 0 N–H and O–H groups in total. The van der Waals surface area contributed by atoms with Crippen molar-refractivity contribution in [1.82, 2.24) is 9.97 Å². The molecule has 2 aromatic carbocycles. The highest BCUT2D eigenvalue weighted by molar-refractivity contribution is 7.17. The molecule has 1 aliphatic heterocycles. The Morgan fingerprint density at radius 1 is 1.06 bits per heavy atom. The predicted octanol–water partition coefficient (Wildman–Crippen LogP) is 5.26. The maximum absolute atomic E-state index is 11.3. The van der Waals surface area contributed by atoms with E-state index >= 15 is 0 Å². The third kappa shape index (κ3) is 4.05. The van der Waals surface area contributed by atoms with E-state index in [-0.39, 0.29) is 15.9 Å². The van der Waals surface area contributed by atoms with Gasteiger partial charge >= 0.3 is 0 Å². The molecule has 5 rings (SSSR count). The first-order valence-corrected chi connectivity index (χ1v) is 11.6. The molecule has 0 spiro atoms. The van der Waals surface area contributed by atoms with Gasteiger partial charge in [0.2, 0.25) is 5.28 Å². The quantitative estimate of drug-likeness (QED) is 0.218. The highest BCUT2D eigenvalue weighted by Crippen LogP contribution is 2.40. The van der Waals surface area contributed by atoms with Gasteiger partial charge in [0.15, 0.2) is 0 Å². The molecule has 1 fully saturated rings. The molecule has 1 aliphatic rings. The number of piperazine rings is 1. The van der Waals surface area contributed by atoms with Crippen molar-refractivity contribution in [3.63, 3.8) is 0 Å². The number of nitro benzene ring substituents is 1. The number of rotatable bonds is 5. The van der Waals surface area contributed by atoms with Crippen LogP contribution in [0.5, 0.6) is 5.75 Å². The monoisotopic (exact) mass is 481 g/mol. The first-order chi connectivity index (χ1) is 16.0. The zero-order valence-corrected chi connectivity index (χ0v) is 19.3. The number of thiophene rings is 1. The smallest absolute Gasteiger partial charge is 0.270 e. The Morgan fingerprint density at radius 2 is 1.82 bits per heavy atom. The number of anilines is 2. The summed E-state index contributed by atoms with van der Waals surface area (Å²) in [7, 11) is 1.68. The summed E-state index contributed by atoms with van der Waals surface area (Å²) in [6.07, 6.45) is 0. The largest absolute Gasteiger partial charge is 0.495 e. The number of ether oxygens (including phenoxy) is 1. The molecule has 0 aliphatic carbocycles. The minimum Gasteiger partial charge on any atom is -0.495 e. The fourth-order valence-corrected chi connectivity index (χ4v) is 5.33. The van der Waals surface area contributed by atoms with E-state index in [0.29, 0.717) is 0 Å². The number of nitrogens with zero attached hydrogens (tertiary/aromatic N) is 5. The number of benzene rings is 2. The van der Waals surface area contributed by atoms with Gasteiger partial charge in [0.25, 0.3) is 5.69 Å². The number of non-ortho nitro benzene ring substituents is 1. The van der Waals surface area contributed by atoms with Gasteiger partial charge in [0, 0.05) is 49.3 Å². The van der Waals surface area contributed by atoms with Gasteiger partial charge in [0.05, 0.1) is 23.1 Å². The fourth-order valence-electron chi connectivity index (χ4n) is 4.18. The summed E-state index contributed by atoms with van der Waals surface area (Å²) in [6.45, 7) is 3.06. The molecule has 2 aromatic heterocycles. The van der Waals surface area contributed by atoms with Crippen LogP contribution in [0.15, 0.2) is 53.9 Å². The summed E-state index contributed by atoms with van der Waals surface area (Å²) in [5.41, 5.74) is 2.75. The van der Waals surface area contributed by atoms with Gasteiger partial charge in [-0.1, -0.05) is 24.3 Å². The highest BCUT2D eigenvalue weighted by atomic mass is 35.5. The minimum atomic E-state index is -0.386. The molecular weight excluding hydrogens is 462 g/mol. The molecule has 0 unspecified atom stereocenters. The van der Waals surface area contributed by atoms with Crippen LogP contribution in [0.25, 0.3) is 21.3 Å². The van der Waals surface area contributed by atoms with Gasteiger partial charge in [-0.3, -0.25) is 10.1 Å². The van der Waals surface area contributed by atoms with Gasteiger partial charge < -0.3 is 14.5 Å². The van der Waals surface area contributed by atoms with E-state index in [0.717, 1.165) is 64.8 Å². The predicted molar refractivity (Wildman–Crippen MR) is 132 cm³/mol. The van der Waals surface area contributed by atoms with Crippen molar-refractivity contribution in [3.8, 4) is 16.9 Å². The second-order valence-corrected chi connectivity index (χ2v) is 8.80. The molecular formula is C23H20ClN5O3S. The summed E-state index contributed by atoms with van der Waals surface area (Å²) in [5.74, 6) is 1.61. The second kappa shape index (κ2) is 8.84. The van der Waals surface area contributed by atoms with E-state index in [4.69, 9.17) is 16.3 Å². The number of fused-ring (bicyclic) bond motifs is 1. The van der Waals surface area contributed by atoms with Crippen LogP contribution in [-0.4, -0.2) is 48.2 Å². The number of hydrogen-bond acceptors (Lipinski definition) is 8. The lowest BCUT2D eigenvalue weighted by Crippen LogP contribution is -2.47. The lowest BCUT2D eigenvalue weighted by atomic mass is 10.0. The molecule has 0 amide bonds. The van der Waals surface area contributed by atoms with Gasteiger partial charge in [-0.15, -0.1) is 11.3 Å². The van der Waals surface area contributed by atoms with Crippen LogP contribution < -0.4 is 14.5 Å². The molecule has 4 aromatic rings. The van der Waals surface area contributed by atoms with Gasteiger partial charge in [0.1, 0.15) is 16.4 Å². The van der Waals surface area contributed by atoms with Crippen molar-refractivity contribution in [2.24, 2.45) is 0 Å². The zero-order valence-electron chi connectivity index (χ0n) is 17.8. The molecule has 10 heteroatoms. The Kier molecular flexibility index (Phi) is 5.74. The fraction of sp³-hybridized carbons (Fsp3) is 0.217. The molecule has 8 nitrogen and oxygen atoms in total. The van der Waals surface area contributed by atoms with Gasteiger partial charge in [-0.25, -0.2) is 4.98 Å². The lowest BCUT2D eigenvalue weighted by molar-refractivity contribution is -0.384. The van der Waals surface area contributed by atoms with Crippen molar-refractivity contribution in [2.75, 3.05) is 43.1 Å². The minimum absolute atomic E-state index is 0.0497. The van der Waals surface area contributed by atoms with Crippen molar-refractivity contribution in [3.05, 3.63) is 69.3 Å². The Balaban J connectivity index is 1.50. The summed E-state index contributed by atoms with van der Waals surface area (Å²) in [6, 6.07) is 14.6. The maximum Gasteiger partial charge on any atom is 0.270 e. The van der Waals surface area contributed by atoms with Crippen LogP contribution in [0, 0.1) is 10.1 Å².